The van der Waals surface area contributed by atoms with Gasteiger partial charge < -0.3 is 5.32 Å². The van der Waals surface area contributed by atoms with Gasteiger partial charge in [-0.2, -0.15) is 4.31 Å². The molecule has 0 unspecified atom stereocenters. The van der Waals surface area contributed by atoms with Crippen molar-refractivity contribution in [3.05, 3.63) is 16.3 Å². The normalized spacial score (nSPS) is 16.6. The number of nitrogens with one attached hydrogen (secondary N) is 1. The van der Waals surface area contributed by atoms with Gasteiger partial charge in [0.1, 0.15) is 0 Å². The van der Waals surface area contributed by atoms with Crippen molar-refractivity contribution in [1.82, 2.24) is 9.62 Å². The maximum Gasteiger partial charge on any atom is 0.243 e. The van der Waals surface area contributed by atoms with Crippen LogP contribution < -0.4 is 5.32 Å². The first-order valence-corrected chi connectivity index (χ1v) is 9.68. The van der Waals surface area contributed by atoms with Gasteiger partial charge in [0, 0.05) is 29.9 Å². The first-order valence-electron chi connectivity index (χ1n) is 7.36. The van der Waals surface area contributed by atoms with Crippen molar-refractivity contribution >= 4 is 21.4 Å². The molecule has 0 aliphatic heterocycles. The van der Waals surface area contributed by atoms with E-state index in [1.807, 2.05) is 19.9 Å². The lowest BCUT2D eigenvalue weighted by Crippen LogP contribution is -2.37. The molecule has 1 heterocycles. The lowest BCUT2D eigenvalue weighted by molar-refractivity contribution is 0.250. The third-order valence-electron chi connectivity index (χ3n) is 3.86. The summed E-state index contributed by atoms with van der Waals surface area (Å²) in [5, 5.41) is 4.99. The van der Waals surface area contributed by atoms with Crippen LogP contribution in [0, 0.1) is 5.92 Å². The number of thiophene rings is 1. The van der Waals surface area contributed by atoms with E-state index >= 15 is 0 Å². The van der Waals surface area contributed by atoms with Crippen LogP contribution in [0.15, 0.2) is 16.3 Å². The minimum absolute atomic E-state index is 0.455. The van der Waals surface area contributed by atoms with E-state index in [2.05, 4.69) is 5.32 Å². The second-order valence-electron chi connectivity index (χ2n) is 5.28. The smallest absolute Gasteiger partial charge is 0.243 e. The summed E-state index contributed by atoms with van der Waals surface area (Å²) < 4.78 is 26.9. The summed E-state index contributed by atoms with van der Waals surface area (Å²) in [6, 6.07) is 1.81. The summed E-state index contributed by atoms with van der Waals surface area (Å²) in [6.07, 6.45) is 3.58. The van der Waals surface area contributed by atoms with Crippen LogP contribution >= 0.6 is 11.3 Å². The Bertz CT molecular complexity index is 521. The number of hydrogen-bond donors (Lipinski definition) is 1. The lowest BCUT2D eigenvalue weighted by atomic mass is 9.85. The second-order valence-corrected chi connectivity index (χ2v) is 8.22. The number of nitrogens with zero attached hydrogens (tertiary/aromatic N) is 1. The molecule has 0 bridgehead atoms. The topological polar surface area (TPSA) is 49.4 Å². The molecule has 1 saturated carbocycles. The van der Waals surface area contributed by atoms with Crippen LogP contribution in [-0.2, 0) is 16.6 Å². The Balaban J connectivity index is 2.08. The van der Waals surface area contributed by atoms with E-state index in [0.717, 1.165) is 18.0 Å². The van der Waals surface area contributed by atoms with Crippen LogP contribution in [-0.4, -0.2) is 32.4 Å². The van der Waals surface area contributed by atoms with E-state index in [4.69, 9.17) is 0 Å². The monoisotopic (exact) mass is 316 g/mol. The average Bonchev–Trinajstić information content (AvgIpc) is 2.84. The summed E-state index contributed by atoms with van der Waals surface area (Å²) in [5.74, 6) is 0.560. The molecule has 2 rings (SSSR count). The van der Waals surface area contributed by atoms with Gasteiger partial charge in [-0.3, -0.25) is 0 Å². The van der Waals surface area contributed by atoms with Gasteiger partial charge >= 0.3 is 0 Å². The summed E-state index contributed by atoms with van der Waals surface area (Å²) in [5.41, 5.74) is 0. The van der Waals surface area contributed by atoms with Gasteiger partial charge in [0.15, 0.2) is 0 Å². The molecule has 1 aromatic rings. The Morgan fingerprint density at radius 2 is 2.15 bits per heavy atom. The van der Waals surface area contributed by atoms with Crippen molar-refractivity contribution in [2.45, 2.75) is 44.6 Å². The van der Waals surface area contributed by atoms with Gasteiger partial charge in [0.2, 0.25) is 10.0 Å². The molecule has 114 valence electrons. The van der Waals surface area contributed by atoms with E-state index in [1.165, 1.54) is 30.6 Å². The zero-order chi connectivity index (χ0) is 14.6. The summed E-state index contributed by atoms with van der Waals surface area (Å²) in [7, 11) is -3.31. The number of sulfonamides is 1. The van der Waals surface area contributed by atoms with E-state index in [-0.39, 0.29) is 0 Å². The molecule has 1 aliphatic carbocycles. The van der Waals surface area contributed by atoms with Crippen molar-refractivity contribution in [2.24, 2.45) is 5.92 Å². The summed E-state index contributed by atoms with van der Waals surface area (Å²) >= 11 is 1.51. The Labute approximate surface area is 126 Å². The third kappa shape index (κ3) is 3.61. The molecule has 4 nitrogen and oxygen atoms in total. The fourth-order valence-electron chi connectivity index (χ4n) is 2.35. The molecule has 6 heteroatoms. The first-order chi connectivity index (χ1) is 9.57. The molecule has 0 amide bonds. The Hall–Kier alpha value is -0.430. The predicted molar refractivity (Wildman–Crippen MR) is 83.5 cm³/mol. The lowest BCUT2D eigenvalue weighted by Gasteiger charge is -2.30. The van der Waals surface area contributed by atoms with Crippen LogP contribution in [0.25, 0.3) is 0 Å². The number of rotatable bonds is 8. The summed E-state index contributed by atoms with van der Waals surface area (Å²) in [4.78, 5) is 1.53. The highest BCUT2D eigenvalue weighted by atomic mass is 32.2. The van der Waals surface area contributed by atoms with Crippen molar-refractivity contribution in [1.29, 1.82) is 0 Å². The maximum atomic E-state index is 12.6. The molecule has 1 aromatic heterocycles. The highest BCUT2D eigenvalue weighted by Crippen LogP contribution is 2.30. The predicted octanol–water partition coefficient (Wildman–Crippen LogP) is 2.67. The fourth-order valence-corrected chi connectivity index (χ4v) is 5.10. The molecule has 20 heavy (non-hydrogen) atoms. The standard InChI is InChI=1S/C14H24N2O2S2/c1-3-15-9-13-8-14(11-19-13)20(17,18)16(4-2)10-12-6-5-7-12/h8,11-12,15H,3-7,9-10H2,1-2H3. The molecule has 0 aromatic carbocycles. The van der Waals surface area contributed by atoms with Gasteiger partial charge in [-0.05, 0) is 31.4 Å². The van der Waals surface area contributed by atoms with Gasteiger partial charge in [-0.1, -0.05) is 20.3 Å². The Morgan fingerprint density at radius 3 is 2.70 bits per heavy atom. The first kappa shape index (κ1) is 15.9. The largest absolute Gasteiger partial charge is 0.312 e. The molecule has 0 spiro atoms. The quantitative estimate of drug-likeness (QED) is 0.802. The highest BCUT2D eigenvalue weighted by Gasteiger charge is 2.29. The number of hydrogen-bond acceptors (Lipinski definition) is 4. The molecule has 0 saturated heterocycles. The van der Waals surface area contributed by atoms with Crippen molar-refractivity contribution < 1.29 is 8.42 Å². The van der Waals surface area contributed by atoms with Crippen molar-refractivity contribution in [2.75, 3.05) is 19.6 Å². The zero-order valence-corrected chi connectivity index (χ0v) is 13.9. The summed E-state index contributed by atoms with van der Waals surface area (Å²) in [6.45, 7) is 6.83. The van der Waals surface area contributed by atoms with Gasteiger partial charge in [-0.15, -0.1) is 11.3 Å². The fraction of sp³-hybridized carbons (Fsp3) is 0.714. The maximum absolute atomic E-state index is 12.6. The van der Waals surface area contributed by atoms with E-state index in [0.29, 0.717) is 23.9 Å². The molecule has 1 aliphatic rings. The molecule has 0 atom stereocenters. The second kappa shape index (κ2) is 7.02. The molecule has 1 fully saturated rings. The molecular formula is C14H24N2O2S2. The van der Waals surface area contributed by atoms with Crippen LogP contribution in [0.4, 0.5) is 0 Å². The van der Waals surface area contributed by atoms with Gasteiger partial charge in [0.25, 0.3) is 0 Å². The van der Waals surface area contributed by atoms with E-state index in [9.17, 15) is 8.42 Å². The van der Waals surface area contributed by atoms with Gasteiger partial charge in [-0.25, -0.2) is 8.42 Å². The van der Waals surface area contributed by atoms with Crippen LogP contribution in [0.1, 0.15) is 38.0 Å². The minimum atomic E-state index is -3.31. The Morgan fingerprint density at radius 1 is 1.40 bits per heavy atom. The van der Waals surface area contributed by atoms with Crippen molar-refractivity contribution in [3.8, 4) is 0 Å². The van der Waals surface area contributed by atoms with Gasteiger partial charge in [0.05, 0.1) is 4.90 Å². The molecule has 1 N–H and O–H groups in total. The molecule has 0 radical (unpaired) electrons. The van der Waals surface area contributed by atoms with Crippen LogP contribution in [0.2, 0.25) is 0 Å². The van der Waals surface area contributed by atoms with E-state index < -0.39 is 10.0 Å². The van der Waals surface area contributed by atoms with Crippen molar-refractivity contribution in [3.63, 3.8) is 0 Å². The minimum Gasteiger partial charge on any atom is -0.312 e. The SMILES string of the molecule is CCNCc1cc(S(=O)(=O)N(CC)CC2CCC2)cs1. The Kier molecular flexibility index (Phi) is 5.60. The van der Waals surface area contributed by atoms with Crippen LogP contribution in [0.5, 0.6) is 0 Å². The van der Waals surface area contributed by atoms with E-state index in [1.54, 1.807) is 9.69 Å². The third-order valence-corrected chi connectivity index (χ3v) is 6.86. The molecular weight excluding hydrogens is 292 g/mol. The highest BCUT2D eigenvalue weighted by molar-refractivity contribution is 7.89. The average molecular weight is 316 g/mol. The van der Waals surface area contributed by atoms with Crippen LogP contribution in [0.3, 0.4) is 0 Å². The zero-order valence-electron chi connectivity index (χ0n) is 12.3.